The van der Waals surface area contributed by atoms with Crippen molar-refractivity contribution in [3.8, 4) is 0 Å². The summed E-state index contributed by atoms with van der Waals surface area (Å²) in [6.45, 7) is 4.17. The van der Waals surface area contributed by atoms with Gasteiger partial charge >= 0.3 is 0 Å². The number of hydrogen-bond acceptors (Lipinski definition) is 4. The predicted molar refractivity (Wildman–Crippen MR) is 118 cm³/mol. The fraction of sp³-hybridized carbons (Fsp3) is 0.273. The van der Waals surface area contributed by atoms with Crippen LogP contribution in [0.15, 0.2) is 47.3 Å². The van der Waals surface area contributed by atoms with Gasteiger partial charge < -0.3 is 15.2 Å². The third kappa shape index (κ3) is 5.45. The predicted octanol–water partition coefficient (Wildman–Crippen LogP) is 3.52. The lowest BCUT2D eigenvalue weighted by molar-refractivity contribution is -0.131. The summed E-state index contributed by atoms with van der Waals surface area (Å²) in [4.78, 5) is 45.3. The molecule has 0 unspecified atom stereocenters. The van der Waals surface area contributed by atoms with E-state index in [-0.39, 0.29) is 30.3 Å². The molecular formula is C22H23ClN4O3. The van der Waals surface area contributed by atoms with Crippen LogP contribution in [0.4, 0.5) is 5.69 Å². The molecule has 0 aliphatic heterocycles. The van der Waals surface area contributed by atoms with Crippen molar-refractivity contribution in [2.45, 2.75) is 33.2 Å². The van der Waals surface area contributed by atoms with E-state index in [2.05, 4.69) is 15.3 Å². The maximum absolute atomic E-state index is 12.9. The Morgan fingerprint density at radius 2 is 1.90 bits per heavy atom. The van der Waals surface area contributed by atoms with E-state index in [9.17, 15) is 14.4 Å². The van der Waals surface area contributed by atoms with Gasteiger partial charge in [-0.25, -0.2) is 4.98 Å². The van der Waals surface area contributed by atoms with Crippen molar-refractivity contribution < 1.29 is 9.59 Å². The van der Waals surface area contributed by atoms with E-state index in [1.54, 1.807) is 35.2 Å². The molecule has 1 aromatic heterocycles. The van der Waals surface area contributed by atoms with Gasteiger partial charge in [0.25, 0.3) is 5.56 Å². The monoisotopic (exact) mass is 426 g/mol. The highest BCUT2D eigenvalue weighted by Crippen LogP contribution is 2.16. The van der Waals surface area contributed by atoms with Crippen LogP contribution in [-0.2, 0) is 22.6 Å². The molecule has 3 rings (SSSR count). The second kappa shape index (κ2) is 9.54. The molecule has 30 heavy (non-hydrogen) atoms. The van der Waals surface area contributed by atoms with Gasteiger partial charge in [-0.15, -0.1) is 0 Å². The normalized spacial score (nSPS) is 10.8. The Morgan fingerprint density at radius 1 is 1.17 bits per heavy atom. The maximum atomic E-state index is 12.9. The SMILES string of the molecule is CCCN(Cc1nc2cc(Cl)ccc2c(=O)[nH]1)C(=O)Cc1ccc(NC(C)=O)cc1. The lowest BCUT2D eigenvalue weighted by Gasteiger charge is -2.22. The highest BCUT2D eigenvalue weighted by molar-refractivity contribution is 6.31. The number of nitrogens with zero attached hydrogens (tertiary/aromatic N) is 2. The molecule has 7 nitrogen and oxygen atoms in total. The molecule has 0 radical (unpaired) electrons. The average molecular weight is 427 g/mol. The lowest BCUT2D eigenvalue weighted by Crippen LogP contribution is -2.34. The van der Waals surface area contributed by atoms with Crippen molar-refractivity contribution in [3.63, 3.8) is 0 Å². The standard InChI is InChI=1S/C22H23ClN4O3/c1-3-10-27(21(29)11-15-4-7-17(8-5-15)24-14(2)28)13-20-25-19-12-16(23)6-9-18(19)22(30)26-20/h4-9,12H,3,10-11,13H2,1-2H3,(H,24,28)(H,25,26,30). The minimum Gasteiger partial charge on any atom is -0.335 e. The number of carbonyl (C=O) groups excluding carboxylic acids is 2. The zero-order valence-corrected chi connectivity index (χ0v) is 17.6. The molecule has 0 aliphatic rings. The Kier molecular flexibility index (Phi) is 6.84. The molecule has 8 heteroatoms. The summed E-state index contributed by atoms with van der Waals surface area (Å²) in [5.74, 6) is 0.196. The second-order valence-corrected chi connectivity index (χ2v) is 7.48. The number of fused-ring (bicyclic) bond motifs is 1. The molecule has 0 spiro atoms. The van der Waals surface area contributed by atoms with Gasteiger partial charge in [-0.05, 0) is 42.3 Å². The molecule has 2 amide bonds. The molecule has 0 saturated heterocycles. The highest BCUT2D eigenvalue weighted by Gasteiger charge is 2.16. The molecule has 156 valence electrons. The average Bonchev–Trinajstić information content (AvgIpc) is 2.68. The number of amides is 2. The molecule has 0 bridgehead atoms. The van der Waals surface area contributed by atoms with Crippen molar-refractivity contribution in [1.29, 1.82) is 0 Å². The number of rotatable bonds is 7. The fourth-order valence-corrected chi connectivity index (χ4v) is 3.34. The third-order valence-corrected chi connectivity index (χ3v) is 4.77. The number of carbonyl (C=O) groups is 2. The van der Waals surface area contributed by atoms with E-state index in [1.807, 2.05) is 19.1 Å². The Hall–Kier alpha value is -3.19. The van der Waals surface area contributed by atoms with Gasteiger partial charge in [-0.1, -0.05) is 30.7 Å². The molecule has 2 aromatic carbocycles. The largest absolute Gasteiger partial charge is 0.335 e. The van der Waals surface area contributed by atoms with Crippen LogP contribution in [0.3, 0.4) is 0 Å². The summed E-state index contributed by atoms with van der Waals surface area (Å²) in [6, 6.07) is 12.1. The van der Waals surface area contributed by atoms with Gasteiger partial charge in [0.2, 0.25) is 11.8 Å². The number of anilines is 1. The van der Waals surface area contributed by atoms with Crippen LogP contribution in [-0.4, -0.2) is 33.2 Å². The number of hydrogen-bond donors (Lipinski definition) is 2. The summed E-state index contributed by atoms with van der Waals surface area (Å²) >= 11 is 6.02. The fourth-order valence-electron chi connectivity index (χ4n) is 3.17. The van der Waals surface area contributed by atoms with Crippen molar-refractivity contribution in [1.82, 2.24) is 14.9 Å². The molecular weight excluding hydrogens is 404 g/mol. The van der Waals surface area contributed by atoms with Crippen LogP contribution in [0, 0.1) is 0 Å². The Balaban J connectivity index is 1.76. The van der Waals surface area contributed by atoms with Crippen molar-refractivity contribution in [2.24, 2.45) is 0 Å². The van der Waals surface area contributed by atoms with E-state index in [4.69, 9.17) is 11.6 Å². The molecule has 0 fully saturated rings. The van der Waals surface area contributed by atoms with Gasteiger partial charge in [-0.3, -0.25) is 14.4 Å². The quantitative estimate of drug-likeness (QED) is 0.604. The van der Waals surface area contributed by atoms with Crippen LogP contribution < -0.4 is 10.9 Å². The summed E-state index contributed by atoms with van der Waals surface area (Å²) in [5.41, 5.74) is 1.76. The minimum atomic E-state index is -0.260. The molecule has 2 N–H and O–H groups in total. The zero-order valence-electron chi connectivity index (χ0n) is 16.9. The first-order chi connectivity index (χ1) is 14.4. The topological polar surface area (TPSA) is 95.2 Å². The molecule has 0 saturated carbocycles. The van der Waals surface area contributed by atoms with Crippen LogP contribution >= 0.6 is 11.6 Å². The maximum Gasteiger partial charge on any atom is 0.258 e. The summed E-state index contributed by atoms with van der Waals surface area (Å²) in [6.07, 6.45) is 0.987. The highest BCUT2D eigenvalue weighted by atomic mass is 35.5. The number of nitrogens with one attached hydrogen (secondary N) is 2. The van der Waals surface area contributed by atoms with Gasteiger partial charge in [-0.2, -0.15) is 0 Å². The second-order valence-electron chi connectivity index (χ2n) is 7.04. The zero-order chi connectivity index (χ0) is 21.7. The van der Waals surface area contributed by atoms with Gasteiger partial charge in [0.1, 0.15) is 5.82 Å². The van der Waals surface area contributed by atoms with E-state index in [0.717, 1.165) is 12.0 Å². The first kappa shape index (κ1) is 21.5. The number of aromatic nitrogens is 2. The summed E-state index contributed by atoms with van der Waals surface area (Å²) < 4.78 is 0. The van der Waals surface area contributed by atoms with E-state index in [1.165, 1.54) is 6.92 Å². The van der Waals surface area contributed by atoms with Crippen molar-refractivity contribution in [2.75, 3.05) is 11.9 Å². The number of H-pyrrole nitrogens is 1. The van der Waals surface area contributed by atoms with Gasteiger partial charge in [0.05, 0.1) is 23.9 Å². The molecule has 1 heterocycles. The Morgan fingerprint density at radius 3 is 2.57 bits per heavy atom. The van der Waals surface area contributed by atoms with Gasteiger partial charge in [0, 0.05) is 24.2 Å². The smallest absolute Gasteiger partial charge is 0.258 e. The van der Waals surface area contributed by atoms with Crippen LogP contribution in [0.5, 0.6) is 0 Å². The first-order valence-corrected chi connectivity index (χ1v) is 10.1. The van der Waals surface area contributed by atoms with E-state index < -0.39 is 0 Å². The third-order valence-electron chi connectivity index (χ3n) is 4.53. The van der Waals surface area contributed by atoms with Crippen molar-refractivity contribution >= 4 is 40.0 Å². The number of benzene rings is 2. The van der Waals surface area contributed by atoms with Crippen LogP contribution in [0.2, 0.25) is 5.02 Å². The minimum absolute atomic E-state index is 0.0713. The Bertz CT molecular complexity index is 1130. The first-order valence-electron chi connectivity index (χ1n) is 9.68. The molecule has 3 aromatic rings. The van der Waals surface area contributed by atoms with Crippen LogP contribution in [0.25, 0.3) is 10.9 Å². The molecule has 0 atom stereocenters. The number of aromatic amines is 1. The summed E-state index contributed by atoms with van der Waals surface area (Å²) in [5, 5.41) is 3.65. The lowest BCUT2D eigenvalue weighted by atomic mass is 10.1. The van der Waals surface area contributed by atoms with Gasteiger partial charge in [0.15, 0.2) is 0 Å². The summed E-state index contributed by atoms with van der Waals surface area (Å²) in [7, 11) is 0. The van der Waals surface area contributed by atoms with E-state index >= 15 is 0 Å². The molecule has 0 aliphatic carbocycles. The van der Waals surface area contributed by atoms with Crippen molar-refractivity contribution in [3.05, 3.63) is 69.2 Å². The van der Waals surface area contributed by atoms with Crippen LogP contribution in [0.1, 0.15) is 31.7 Å². The number of halogens is 1. The van der Waals surface area contributed by atoms with E-state index in [0.29, 0.717) is 34.0 Å². The Labute approximate surface area is 179 Å².